The molecule has 0 fully saturated rings. The maximum absolute atomic E-state index is 12.5. The first-order chi connectivity index (χ1) is 12.6. The predicted octanol–water partition coefficient (Wildman–Crippen LogP) is 4.15. The van der Waals surface area contributed by atoms with E-state index in [1.165, 1.54) is 6.33 Å². The molecule has 1 aromatic heterocycles. The lowest BCUT2D eigenvalue weighted by atomic mass is 10.1. The van der Waals surface area contributed by atoms with Gasteiger partial charge in [-0.2, -0.15) is 5.10 Å². The van der Waals surface area contributed by atoms with Crippen molar-refractivity contribution in [1.29, 1.82) is 0 Å². The molecule has 0 aliphatic heterocycles. The van der Waals surface area contributed by atoms with Crippen LogP contribution in [0.25, 0.3) is 11.8 Å². The number of likely N-dealkylation sites (N-methyl/N-ethyl adjacent to an activating group) is 1. The van der Waals surface area contributed by atoms with Crippen LogP contribution in [0.2, 0.25) is 5.02 Å². The molecule has 0 unspecified atom stereocenters. The van der Waals surface area contributed by atoms with Crippen LogP contribution in [0.5, 0.6) is 0 Å². The maximum atomic E-state index is 12.5. The highest BCUT2D eigenvalue weighted by Gasteiger charge is 2.15. The van der Waals surface area contributed by atoms with E-state index in [-0.39, 0.29) is 11.9 Å². The third-order valence-electron chi connectivity index (χ3n) is 4.30. The quantitative estimate of drug-likeness (QED) is 0.637. The number of rotatable bonds is 5. The molecule has 1 amide bonds. The summed E-state index contributed by atoms with van der Waals surface area (Å²) in [5.74, 6) is -0.0854. The SMILES string of the molecule is C[C@@H](c1ccc(-n2cncn2)cc1)N(C)C(=O)/C=C/c1ccccc1Cl. The summed E-state index contributed by atoms with van der Waals surface area (Å²) in [5.41, 5.74) is 2.78. The third-order valence-corrected chi connectivity index (χ3v) is 4.64. The van der Waals surface area contributed by atoms with Crippen LogP contribution >= 0.6 is 11.6 Å². The minimum Gasteiger partial charge on any atom is -0.335 e. The lowest BCUT2D eigenvalue weighted by Gasteiger charge is -2.24. The van der Waals surface area contributed by atoms with Gasteiger partial charge in [-0.1, -0.05) is 41.9 Å². The van der Waals surface area contributed by atoms with Crippen LogP contribution < -0.4 is 0 Å². The molecule has 0 aliphatic rings. The Morgan fingerprint density at radius 2 is 1.92 bits per heavy atom. The third kappa shape index (κ3) is 4.00. The van der Waals surface area contributed by atoms with Crippen molar-refractivity contribution in [2.45, 2.75) is 13.0 Å². The molecular formula is C20H19ClN4O. The summed E-state index contributed by atoms with van der Waals surface area (Å²) in [6.07, 6.45) is 6.42. The molecule has 132 valence electrons. The van der Waals surface area contributed by atoms with Gasteiger partial charge in [-0.05, 0) is 42.3 Å². The van der Waals surface area contributed by atoms with Crippen molar-refractivity contribution >= 4 is 23.6 Å². The topological polar surface area (TPSA) is 51.0 Å². The number of hydrogen-bond donors (Lipinski definition) is 0. The van der Waals surface area contributed by atoms with E-state index in [0.29, 0.717) is 5.02 Å². The zero-order valence-electron chi connectivity index (χ0n) is 14.6. The molecule has 1 heterocycles. The van der Waals surface area contributed by atoms with Crippen molar-refractivity contribution in [2.24, 2.45) is 0 Å². The van der Waals surface area contributed by atoms with E-state index < -0.39 is 0 Å². The number of amides is 1. The van der Waals surface area contributed by atoms with Crippen LogP contribution in [0.4, 0.5) is 0 Å². The van der Waals surface area contributed by atoms with Crippen molar-refractivity contribution in [3.63, 3.8) is 0 Å². The number of hydrogen-bond acceptors (Lipinski definition) is 3. The van der Waals surface area contributed by atoms with Crippen LogP contribution in [0.3, 0.4) is 0 Å². The Balaban J connectivity index is 1.69. The highest BCUT2D eigenvalue weighted by atomic mass is 35.5. The van der Waals surface area contributed by atoms with E-state index in [9.17, 15) is 4.79 Å². The first-order valence-electron chi connectivity index (χ1n) is 8.20. The van der Waals surface area contributed by atoms with E-state index >= 15 is 0 Å². The highest BCUT2D eigenvalue weighted by Crippen LogP contribution is 2.21. The minimum absolute atomic E-state index is 0.0665. The molecule has 0 radical (unpaired) electrons. The van der Waals surface area contributed by atoms with Gasteiger partial charge in [0.15, 0.2) is 0 Å². The standard InChI is InChI=1S/C20H19ClN4O/c1-15(16-7-10-18(11-8-16)25-14-22-13-23-25)24(2)20(26)12-9-17-5-3-4-6-19(17)21/h3-15H,1-2H3/b12-9+/t15-/m0/s1. The summed E-state index contributed by atoms with van der Waals surface area (Å²) >= 11 is 6.12. The van der Waals surface area contributed by atoms with Crippen LogP contribution in [-0.4, -0.2) is 32.6 Å². The second-order valence-electron chi connectivity index (χ2n) is 5.91. The molecule has 26 heavy (non-hydrogen) atoms. The molecule has 0 bridgehead atoms. The van der Waals surface area contributed by atoms with Crippen molar-refractivity contribution < 1.29 is 4.79 Å². The van der Waals surface area contributed by atoms with Gasteiger partial charge in [0, 0.05) is 18.1 Å². The second kappa shape index (κ2) is 7.97. The molecular weight excluding hydrogens is 348 g/mol. The number of halogens is 1. The highest BCUT2D eigenvalue weighted by molar-refractivity contribution is 6.32. The summed E-state index contributed by atoms with van der Waals surface area (Å²) in [7, 11) is 1.79. The zero-order chi connectivity index (χ0) is 18.5. The Morgan fingerprint density at radius 3 is 2.58 bits per heavy atom. The Bertz CT molecular complexity index is 904. The first kappa shape index (κ1) is 17.9. The summed E-state index contributed by atoms with van der Waals surface area (Å²) in [6.45, 7) is 1.99. The van der Waals surface area contributed by atoms with Gasteiger partial charge >= 0.3 is 0 Å². The molecule has 3 rings (SSSR count). The summed E-state index contributed by atoms with van der Waals surface area (Å²) in [5, 5.41) is 4.73. The molecule has 5 nitrogen and oxygen atoms in total. The maximum Gasteiger partial charge on any atom is 0.246 e. The molecule has 1 atom stereocenters. The summed E-state index contributed by atoms with van der Waals surface area (Å²) in [6, 6.07) is 15.2. The van der Waals surface area contributed by atoms with Gasteiger partial charge in [0.25, 0.3) is 0 Å². The van der Waals surface area contributed by atoms with Crippen LogP contribution in [0, 0.1) is 0 Å². The van der Waals surface area contributed by atoms with Gasteiger partial charge in [-0.3, -0.25) is 4.79 Å². The minimum atomic E-state index is -0.0854. The lowest BCUT2D eigenvalue weighted by Crippen LogP contribution is -2.27. The molecule has 3 aromatic rings. The van der Waals surface area contributed by atoms with Crippen molar-refractivity contribution in [3.05, 3.63) is 83.4 Å². The zero-order valence-corrected chi connectivity index (χ0v) is 15.3. The van der Waals surface area contributed by atoms with Gasteiger partial charge in [0.1, 0.15) is 12.7 Å². The van der Waals surface area contributed by atoms with Crippen LogP contribution in [0.1, 0.15) is 24.1 Å². The van der Waals surface area contributed by atoms with E-state index in [2.05, 4.69) is 10.1 Å². The number of carbonyl (C=O) groups is 1. The van der Waals surface area contributed by atoms with E-state index in [1.807, 2.05) is 49.4 Å². The van der Waals surface area contributed by atoms with E-state index in [0.717, 1.165) is 16.8 Å². The lowest BCUT2D eigenvalue weighted by molar-refractivity contribution is -0.126. The fourth-order valence-electron chi connectivity index (χ4n) is 2.55. The van der Waals surface area contributed by atoms with Crippen molar-refractivity contribution in [1.82, 2.24) is 19.7 Å². The van der Waals surface area contributed by atoms with Crippen LogP contribution in [-0.2, 0) is 4.79 Å². The fourth-order valence-corrected chi connectivity index (χ4v) is 2.75. The number of aromatic nitrogens is 3. The average Bonchev–Trinajstić information content (AvgIpc) is 3.21. The Labute approximate surface area is 157 Å². The molecule has 6 heteroatoms. The Kier molecular flexibility index (Phi) is 5.49. The number of nitrogens with zero attached hydrogens (tertiary/aromatic N) is 4. The fraction of sp³-hybridized carbons (Fsp3) is 0.150. The molecule has 0 saturated heterocycles. The molecule has 0 saturated carbocycles. The van der Waals surface area contributed by atoms with Gasteiger partial charge in [-0.15, -0.1) is 0 Å². The second-order valence-corrected chi connectivity index (χ2v) is 6.32. The summed E-state index contributed by atoms with van der Waals surface area (Å²) in [4.78, 5) is 18.1. The number of carbonyl (C=O) groups excluding carboxylic acids is 1. The predicted molar refractivity (Wildman–Crippen MR) is 103 cm³/mol. The first-order valence-corrected chi connectivity index (χ1v) is 8.58. The summed E-state index contributed by atoms with van der Waals surface area (Å²) < 4.78 is 1.69. The normalized spacial score (nSPS) is 12.3. The molecule has 0 aliphatic carbocycles. The number of benzene rings is 2. The Morgan fingerprint density at radius 1 is 1.19 bits per heavy atom. The Hall–Kier alpha value is -2.92. The van der Waals surface area contributed by atoms with E-state index in [1.54, 1.807) is 41.2 Å². The molecule has 0 spiro atoms. The van der Waals surface area contributed by atoms with Crippen molar-refractivity contribution in [2.75, 3.05) is 7.05 Å². The molecule has 2 aromatic carbocycles. The van der Waals surface area contributed by atoms with Gasteiger partial charge in [-0.25, -0.2) is 9.67 Å². The van der Waals surface area contributed by atoms with Gasteiger partial charge in [0.2, 0.25) is 5.91 Å². The largest absolute Gasteiger partial charge is 0.335 e. The van der Waals surface area contributed by atoms with Gasteiger partial charge < -0.3 is 4.90 Å². The van der Waals surface area contributed by atoms with Gasteiger partial charge in [0.05, 0.1) is 11.7 Å². The van der Waals surface area contributed by atoms with E-state index in [4.69, 9.17) is 11.6 Å². The smallest absolute Gasteiger partial charge is 0.246 e. The van der Waals surface area contributed by atoms with Crippen molar-refractivity contribution in [3.8, 4) is 5.69 Å². The molecule has 0 N–H and O–H groups in total. The average molecular weight is 367 g/mol. The van der Waals surface area contributed by atoms with Crippen LogP contribution in [0.15, 0.2) is 67.3 Å². The monoisotopic (exact) mass is 366 g/mol.